The average molecular weight is 475 g/mol. The van der Waals surface area contributed by atoms with Crippen LogP contribution in [0.25, 0.3) is 0 Å². The smallest absolute Gasteiger partial charge is 0.325 e. The minimum atomic E-state index is -1.16. The van der Waals surface area contributed by atoms with Crippen molar-refractivity contribution < 1.29 is 19.2 Å². The van der Waals surface area contributed by atoms with Crippen LogP contribution in [0.1, 0.15) is 49.8 Å². The Kier molecular flexibility index (Phi) is 5.83. The molecule has 2 fully saturated rings. The number of rotatable bonds is 7. The molecule has 35 heavy (non-hydrogen) atoms. The Morgan fingerprint density at radius 2 is 1.91 bits per heavy atom. The number of benzene rings is 2. The van der Waals surface area contributed by atoms with Crippen molar-refractivity contribution in [3.05, 3.63) is 65.2 Å². The quantitative estimate of drug-likeness (QED) is 0.602. The fraction of sp³-hybridized carbons (Fsp3) is 0.407. The summed E-state index contributed by atoms with van der Waals surface area (Å²) in [6.07, 6.45) is 3.19. The van der Waals surface area contributed by atoms with Gasteiger partial charge in [0.25, 0.3) is 5.91 Å². The summed E-state index contributed by atoms with van der Waals surface area (Å²) in [6.45, 7) is 3.65. The molecule has 1 saturated carbocycles. The van der Waals surface area contributed by atoms with Gasteiger partial charge in [-0.15, -0.1) is 0 Å². The molecule has 2 aromatic rings. The van der Waals surface area contributed by atoms with E-state index in [-0.39, 0.29) is 30.3 Å². The van der Waals surface area contributed by atoms with E-state index >= 15 is 0 Å². The first kappa shape index (κ1) is 23.1. The largest absolute Gasteiger partial charge is 0.334 e. The Morgan fingerprint density at radius 3 is 2.60 bits per heavy atom. The van der Waals surface area contributed by atoms with Crippen LogP contribution in [0.3, 0.4) is 0 Å². The lowest BCUT2D eigenvalue weighted by Crippen LogP contribution is -2.47. The lowest BCUT2D eigenvalue weighted by molar-refractivity contribution is -0.141. The van der Waals surface area contributed by atoms with E-state index < -0.39 is 11.6 Å². The maximum atomic E-state index is 13.6. The van der Waals surface area contributed by atoms with Crippen LogP contribution in [-0.4, -0.2) is 46.1 Å². The third kappa shape index (κ3) is 4.29. The van der Waals surface area contributed by atoms with Crippen molar-refractivity contribution >= 4 is 29.4 Å². The van der Waals surface area contributed by atoms with Gasteiger partial charge in [-0.25, -0.2) is 4.79 Å². The van der Waals surface area contributed by atoms with E-state index in [1.807, 2.05) is 43.3 Å². The predicted octanol–water partition coefficient (Wildman–Crippen LogP) is 3.17. The summed E-state index contributed by atoms with van der Waals surface area (Å²) >= 11 is 0. The number of amides is 5. The second kappa shape index (κ2) is 8.83. The third-order valence-corrected chi connectivity index (χ3v) is 7.44. The Balaban J connectivity index is 1.36. The number of aryl methyl sites for hydroxylation is 1. The molecular formula is C27H30N4O4. The monoisotopic (exact) mass is 474 g/mol. The van der Waals surface area contributed by atoms with Gasteiger partial charge in [0, 0.05) is 25.2 Å². The van der Waals surface area contributed by atoms with Crippen LogP contribution < -0.4 is 10.6 Å². The molecule has 3 aliphatic rings. The number of carbonyl (C=O) groups excluding carboxylic acids is 4. The normalized spacial score (nSPS) is 21.6. The van der Waals surface area contributed by atoms with Crippen molar-refractivity contribution in [3.63, 3.8) is 0 Å². The molecule has 2 atom stereocenters. The molecule has 1 aliphatic heterocycles. The van der Waals surface area contributed by atoms with Crippen molar-refractivity contribution in [3.8, 4) is 0 Å². The number of hydrogen-bond donors (Lipinski definition) is 2. The van der Waals surface area contributed by atoms with Gasteiger partial charge in [-0.3, -0.25) is 19.3 Å². The molecule has 8 nitrogen and oxygen atoms in total. The Labute approximate surface area is 204 Å². The zero-order valence-electron chi connectivity index (χ0n) is 20.0. The Hall–Kier alpha value is -3.68. The Morgan fingerprint density at radius 1 is 1.17 bits per heavy atom. The molecule has 0 aromatic heterocycles. The van der Waals surface area contributed by atoms with E-state index in [1.165, 1.54) is 6.92 Å². The van der Waals surface area contributed by atoms with Gasteiger partial charge in [-0.2, -0.15) is 0 Å². The summed E-state index contributed by atoms with van der Waals surface area (Å²) in [4.78, 5) is 54.3. The summed E-state index contributed by atoms with van der Waals surface area (Å²) in [5, 5.41) is 5.64. The summed E-state index contributed by atoms with van der Waals surface area (Å²) in [5.41, 5.74) is 2.15. The number of fused-ring (bicyclic) bond motifs is 2. The number of nitrogens with zero attached hydrogens (tertiary/aromatic N) is 2. The molecule has 1 spiro atoms. The van der Waals surface area contributed by atoms with Crippen molar-refractivity contribution in [1.29, 1.82) is 0 Å². The van der Waals surface area contributed by atoms with E-state index in [1.54, 1.807) is 17.0 Å². The topological polar surface area (TPSA) is 98.8 Å². The first-order valence-electron chi connectivity index (χ1n) is 12.2. The van der Waals surface area contributed by atoms with E-state index in [0.29, 0.717) is 31.0 Å². The molecule has 0 radical (unpaired) electrons. The highest BCUT2D eigenvalue weighted by Crippen LogP contribution is 2.42. The highest BCUT2D eigenvalue weighted by molar-refractivity contribution is 6.10. The van der Waals surface area contributed by atoms with Crippen molar-refractivity contribution in [2.75, 3.05) is 11.9 Å². The van der Waals surface area contributed by atoms with Crippen molar-refractivity contribution in [2.24, 2.45) is 5.92 Å². The van der Waals surface area contributed by atoms with Crippen LogP contribution in [0.15, 0.2) is 48.5 Å². The molecule has 1 unspecified atom stereocenters. The number of imide groups is 1. The van der Waals surface area contributed by atoms with Crippen LogP contribution in [0, 0.1) is 5.92 Å². The first-order chi connectivity index (χ1) is 16.8. The maximum Gasteiger partial charge on any atom is 0.325 e. The Bertz CT molecular complexity index is 1190. The molecule has 2 aliphatic carbocycles. The van der Waals surface area contributed by atoms with Gasteiger partial charge < -0.3 is 15.5 Å². The fourth-order valence-corrected chi connectivity index (χ4v) is 5.38. The first-order valence-corrected chi connectivity index (χ1v) is 12.2. The number of hydrogen-bond acceptors (Lipinski definition) is 4. The lowest BCUT2D eigenvalue weighted by atomic mass is 9.91. The van der Waals surface area contributed by atoms with Gasteiger partial charge in [0.05, 0.1) is 0 Å². The van der Waals surface area contributed by atoms with Crippen LogP contribution >= 0.6 is 0 Å². The van der Waals surface area contributed by atoms with E-state index in [0.717, 1.165) is 34.4 Å². The minimum absolute atomic E-state index is 0.0387. The predicted molar refractivity (Wildman–Crippen MR) is 130 cm³/mol. The van der Waals surface area contributed by atoms with Gasteiger partial charge in [-0.05, 0) is 67.3 Å². The maximum absolute atomic E-state index is 13.6. The third-order valence-electron chi connectivity index (χ3n) is 7.44. The minimum Gasteiger partial charge on any atom is -0.334 e. The number of nitrogens with one attached hydrogen (secondary N) is 2. The number of urea groups is 1. The summed E-state index contributed by atoms with van der Waals surface area (Å²) < 4.78 is 0. The lowest BCUT2D eigenvalue weighted by Gasteiger charge is -2.31. The molecule has 182 valence electrons. The second-order valence-corrected chi connectivity index (χ2v) is 9.87. The van der Waals surface area contributed by atoms with Crippen LogP contribution in [0.4, 0.5) is 10.5 Å². The number of anilines is 1. The summed E-state index contributed by atoms with van der Waals surface area (Å²) in [5.74, 6) is -0.335. The molecule has 2 aromatic carbocycles. The van der Waals surface area contributed by atoms with Gasteiger partial charge in [0.1, 0.15) is 12.1 Å². The standard InChI is InChI=1S/C27H30N4O4/c1-17(20-8-9-20)30(15-19-6-4-3-5-7-19)24(33)16-31-25(34)27(29-26(31)35)13-12-21-14-22(28-18(2)32)10-11-23(21)27/h3-7,10-11,14,17,20H,8-9,12-13,15-16H2,1-2H3,(H,28,32)(H,29,35)/t17?,27-/m0/s1. The molecule has 5 amide bonds. The van der Waals surface area contributed by atoms with E-state index in [4.69, 9.17) is 0 Å². The zero-order chi connectivity index (χ0) is 24.7. The molecule has 2 N–H and O–H groups in total. The SMILES string of the molecule is CC(=O)Nc1ccc2c(c1)CC[C@]21NC(=O)N(CC(=O)N(Cc2ccccc2)C(C)C2CC2)C1=O. The van der Waals surface area contributed by atoms with E-state index in [9.17, 15) is 19.2 Å². The van der Waals surface area contributed by atoms with Crippen LogP contribution in [0.5, 0.6) is 0 Å². The zero-order valence-corrected chi connectivity index (χ0v) is 20.0. The summed E-state index contributed by atoms with van der Waals surface area (Å²) in [6, 6.07) is 14.6. The van der Waals surface area contributed by atoms with Gasteiger partial charge in [0.15, 0.2) is 0 Å². The van der Waals surface area contributed by atoms with Crippen LogP contribution in [0.2, 0.25) is 0 Å². The van der Waals surface area contributed by atoms with Crippen LogP contribution in [-0.2, 0) is 32.9 Å². The molecule has 0 bridgehead atoms. The summed E-state index contributed by atoms with van der Waals surface area (Å²) in [7, 11) is 0. The van der Waals surface area contributed by atoms with Gasteiger partial charge in [0.2, 0.25) is 11.8 Å². The van der Waals surface area contributed by atoms with Crippen molar-refractivity contribution in [1.82, 2.24) is 15.1 Å². The van der Waals surface area contributed by atoms with E-state index in [2.05, 4.69) is 10.6 Å². The highest BCUT2D eigenvalue weighted by Gasteiger charge is 2.56. The molecule has 1 heterocycles. The van der Waals surface area contributed by atoms with Gasteiger partial charge >= 0.3 is 6.03 Å². The van der Waals surface area contributed by atoms with Gasteiger partial charge in [-0.1, -0.05) is 36.4 Å². The second-order valence-electron chi connectivity index (χ2n) is 9.87. The molecule has 8 heteroatoms. The highest BCUT2D eigenvalue weighted by atomic mass is 16.2. The van der Waals surface area contributed by atoms with Crippen molar-refractivity contribution in [2.45, 2.75) is 57.7 Å². The average Bonchev–Trinajstić information content (AvgIpc) is 3.58. The molecule has 5 rings (SSSR count). The fourth-order valence-electron chi connectivity index (χ4n) is 5.38. The number of carbonyl (C=O) groups is 4. The molecule has 1 saturated heterocycles. The molecular weight excluding hydrogens is 444 g/mol.